The number of fused-ring (bicyclic) bond motifs is 1. The van der Waals surface area contributed by atoms with Crippen LogP contribution in [0.15, 0.2) is 78.9 Å². The molecule has 0 amide bonds. The van der Waals surface area contributed by atoms with Gasteiger partial charge in [0, 0.05) is 17.8 Å². The Balaban J connectivity index is 1.75. The fraction of sp³-hybridized carbons (Fsp3) is 0.100. The van der Waals surface area contributed by atoms with Crippen LogP contribution in [0.3, 0.4) is 0 Å². The molecule has 2 atom stereocenters. The smallest absolute Gasteiger partial charge is 0.269 e. The van der Waals surface area contributed by atoms with Crippen molar-refractivity contribution >= 4 is 11.4 Å². The van der Waals surface area contributed by atoms with Crippen LogP contribution in [-0.4, -0.2) is 4.92 Å². The number of anilines is 1. The standard InChI is InChI=1S/C20H17N3O2/c24-23(25)16-10-6-9-15(13-16)20-21-18-12-5-4-11-17(18)19(22-20)14-7-2-1-3-8-14/h1-13,19-22H/t19-,20-/m1/s1. The zero-order chi connectivity index (χ0) is 17.2. The fourth-order valence-electron chi connectivity index (χ4n) is 3.25. The van der Waals surface area contributed by atoms with Gasteiger partial charge in [-0.25, -0.2) is 0 Å². The van der Waals surface area contributed by atoms with E-state index < -0.39 is 0 Å². The van der Waals surface area contributed by atoms with E-state index >= 15 is 0 Å². The highest BCUT2D eigenvalue weighted by Crippen LogP contribution is 2.36. The molecule has 3 aromatic rings. The first kappa shape index (κ1) is 15.4. The number of nitrogens with zero attached hydrogens (tertiary/aromatic N) is 1. The molecule has 0 radical (unpaired) electrons. The Kier molecular flexibility index (Phi) is 3.91. The molecule has 1 heterocycles. The van der Waals surface area contributed by atoms with Crippen LogP contribution in [0.5, 0.6) is 0 Å². The Labute approximate surface area is 145 Å². The third-order valence-electron chi connectivity index (χ3n) is 4.45. The van der Waals surface area contributed by atoms with Gasteiger partial charge in [0.25, 0.3) is 5.69 Å². The predicted octanol–water partition coefficient (Wildman–Crippen LogP) is 4.40. The lowest BCUT2D eigenvalue weighted by molar-refractivity contribution is -0.384. The van der Waals surface area contributed by atoms with Gasteiger partial charge in [-0.05, 0) is 22.8 Å². The molecule has 0 spiro atoms. The quantitative estimate of drug-likeness (QED) is 0.551. The van der Waals surface area contributed by atoms with Gasteiger partial charge in [0.15, 0.2) is 0 Å². The van der Waals surface area contributed by atoms with E-state index in [4.69, 9.17) is 0 Å². The van der Waals surface area contributed by atoms with Crippen LogP contribution < -0.4 is 10.6 Å². The van der Waals surface area contributed by atoms with E-state index in [1.54, 1.807) is 12.1 Å². The number of nitrogens with one attached hydrogen (secondary N) is 2. The molecule has 0 saturated heterocycles. The van der Waals surface area contributed by atoms with Crippen LogP contribution in [0.1, 0.15) is 28.9 Å². The van der Waals surface area contributed by atoms with Crippen LogP contribution in [0.2, 0.25) is 0 Å². The lowest BCUT2D eigenvalue weighted by atomic mass is 9.93. The van der Waals surface area contributed by atoms with Gasteiger partial charge < -0.3 is 5.32 Å². The van der Waals surface area contributed by atoms with Crippen LogP contribution in [0, 0.1) is 10.1 Å². The van der Waals surface area contributed by atoms with Gasteiger partial charge in [-0.3, -0.25) is 15.4 Å². The third kappa shape index (κ3) is 2.97. The van der Waals surface area contributed by atoms with Gasteiger partial charge in [0.2, 0.25) is 0 Å². The van der Waals surface area contributed by atoms with E-state index in [2.05, 4.69) is 28.8 Å². The van der Waals surface area contributed by atoms with Crippen molar-refractivity contribution in [1.82, 2.24) is 5.32 Å². The lowest BCUT2D eigenvalue weighted by Gasteiger charge is -2.35. The molecule has 1 aliphatic rings. The number of hydrogen-bond acceptors (Lipinski definition) is 4. The molecular formula is C20H17N3O2. The SMILES string of the molecule is O=[N+]([O-])c1cccc([C@@H]2Nc3ccccc3[C@@H](c3ccccc3)N2)c1. The number of hydrogen-bond donors (Lipinski definition) is 2. The van der Waals surface area contributed by atoms with Crippen molar-refractivity contribution in [1.29, 1.82) is 0 Å². The summed E-state index contributed by atoms with van der Waals surface area (Å²) in [4.78, 5) is 10.7. The van der Waals surface area contributed by atoms with Crippen LogP contribution in [-0.2, 0) is 0 Å². The van der Waals surface area contributed by atoms with Crippen LogP contribution in [0.4, 0.5) is 11.4 Å². The maximum absolute atomic E-state index is 11.1. The van der Waals surface area contributed by atoms with E-state index in [1.165, 1.54) is 6.07 Å². The second kappa shape index (κ2) is 6.37. The Hall–Kier alpha value is -3.18. The lowest BCUT2D eigenvalue weighted by Crippen LogP contribution is -2.37. The Morgan fingerprint density at radius 2 is 1.56 bits per heavy atom. The number of non-ortho nitro benzene ring substituents is 1. The highest BCUT2D eigenvalue weighted by molar-refractivity contribution is 5.59. The summed E-state index contributed by atoms with van der Waals surface area (Å²) in [7, 11) is 0. The number of nitro benzene ring substituents is 1. The first-order valence-corrected chi connectivity index (χ1v) is 8.13. The number of benzene rings is 3. The van der Waals surface area contributed by atoms with E-state index in [0.717, 1.165) is 22.4 Å². The van der Waals surface area contributed by atoms with E-state index in [-0.39, 0.29) is 22.8 Å². The second-order valence-corrected chi connectivity index (χ2v) is 6.03. The van der Waals surface area contributed by atoms with Gasteiger partial charge in [0.05, 0.1) is 11.0 Å². The molecular weight excluding hydrogens is 314 g/mol. The Morgan fingerprint density at radius 3 is 2.36 bits per heavy atom. The van der Waals surface area contributed by atoms with Crippen molar-refractivity contribution in [3.63, 3.8) is 0 Å². The topological polar surface area (TPSA) is 67.2 Å². The second-order valence-electron chi connectivity index (χ2n) is 6.03. The largest absolute Gasteiger partial charge is 0.366 e. The minimum absolute atomic E-state index is 0.0166. The molecule has 0 unspecified atom stereocenters. The summed E-state index contributed by atoms with van der Waals surface area (Å²) >= 11 is 0. The van der Waals surface area contributed by atoms with E-state index in [9.17, 15) is 10.1 Å². The number of para-hydroxylation sites is 1. The summed E-state index contributed by atoms with van der Waals surface area (Å²) < 4.78 is 0. The molecule has 25 heavy (non-hydrogen) atoms. The summed E-state index contributed by atoms with van der Waals surface area (Å²) in [5, 5.41) is 18.1. The molecule has 2 N–H and O–H groups in total. The first-order valence-electron chi connectivity index (χ1n) is 8.13. The van der Waals surface area contributed by atoms with Crippen molar-refractivity contribution in [2.45, 2.75) is 12.2 Å². The summed E-state index contributed by atoms with van der Waals surface area (Å²) in [5.74, 6) is 0. The molecule has 124 valence electrons. The zero-order valence-corrected chi connectivity index (χ0v) is 13.4. The third-order valence-corrected chi connectivity index (χ3v) is 4.45. The van der Waals surface area contributed by atoms with Gasteiger partial charge in [-0.2, -0.15) is 0 Å². The molecule has 0 aliphatic carbocycles. The normalized spacial score (nSPS) is 18.9. The highest BCUT2D eigenvalue weighted by Gasteiger charge is 2.28. The van der Waals surface area contributed by atoms with E-state index in [1.807, 2.05) is 42.5 Å². The number of nitro groups is 1. The van der Waals surface area contributed by atoms with Gasteiger partial charge >= 0.3 is 0 Å². The molecule has 3 aromatic carbocycles. The molecule has 5 nitrogen and oxygen atoms in total. The fourth-order valence-corrected chi connectivity index (χ4v) is 3.25. The van der Waals surface area contributed by atoms with Crippen LogP contribution >= 0.6 is 0 Å². The van der Waals surface area contributed by atoms with Gasteiger partial charge in [0.1, 0.15) is 6.17 Å². The average Bonchev–Trinajstić information content (AvgIpc) is 2.68. The van der Waals surface area contributed by atoms with Crippen molar-refractivity contribution < 1.29 is 4.92 Å². The zero-order valence-electron chi connectivity index (χ0n) is 13.4. The minimum Gasteiger partial charge on any atom is -0.366 e. The van der Waals surface area contributed by atoms with Crippen molar-refractivity contribution in [3.05, 3.63) is 106 Å². The maximum atomic E-state index is 11.1. The Bertz CT molecular complexity index is 912. The number of rotatable bonds is 3. The molecule has 1 aliphatic heterocycles. The molecule has 4 rings (SSSR count). The summed E-state index contributed by atoms with van der Waals surface area (Å²) in [6.45, 7) is 0. The van der Waals surface area contributed by atoms with Crippen molar-refractivity contribution in [2.75, 3.05) is 5.32 Å². The van der Waals surface area contributed by atoms with Gasteiger partial charge in [-0.1, -0.05) is 60.7 Å². The minimum atomic E-state index is -0.366. The molecule has 5 heteroatoms. The summed E-state index contributed by atoms with van der Waals surface area (Å²) in [6, 6.07) is 25.1. The molecule has 0 bridgehead atoms. The predicted molar refractivity (Wildman–Crippen MR) is 97.3 cm³/mol. The van der Waals surface area contributed by atoms with Crippen LogP contribution in [0.25, 0.3) is 0 Å². The average molecular weight is 331 g/mol. The monoisotopic (exact) mass is 331 g/mol. The Morgan fingerprint density at radius 1 is 0.840 bits per heavy atom. The van der Waals surface area contributed by atoms with E-state index in [0.29, 0.717) is 0 Å². The van der Waals surface area contributed by atoms with Crippen molar-refractivity contribution in [2.24, 2.45) is 0 Å². The van der Waals surface area contributed by atoms with Gasteiger partial charge in [-0.15, -0.1) is 0 Å². The summed E-state index contributed by atoms with van der Waals surface area (Å²) in [5.41, 5.74) is 4.29. The van der Waals surface area contributed by atoms with Crippen molar-refractivity contribution in [3.8, 4) is 0 Å². The summed E-state index contributed by atoms with van der Waals surface area (Å²) in [6.07, 6.45) is -0.208. The highest BCUT2D eigenvalue weighted by atomic mass is 16.6. The molecule has 0 fully saturated rings. The maximum Gasteiger partial charge on any atom is 0.269 e. The molecule has 0 aromatic heterocycles. The molecule has 0 saturated carbocycles. The first-order chi connectivity index (χ1) is 12.2.